The molecule has 1 aromatic heterocycles. The lowest BCUT2D eigenvalue weighted by atomic mass is 9.94. The maximum absolute atomic E-state index is 13.7. The van der Waals surface area contributed by atoms with E-state index < -0.39 is 71.9 Å². The minimum Gasteiger partial charge on any atom is -0.445 e. The highest BCUT2D eigenvalue weighted by atomic mass is 19.4. The molecule has 16 heteroatoms. The Labute approximate surface area is 294 Å². The van der Waals surface area contributed by atoms with Gasteiger partial charge in [0.2, 0.25) is 23.5 Å². The van der Waals surface area contributed by atoms with E-state index in [1.54, 1.807) is 44.2 Å². The zero-order chi connectivity index (χ0) is 37.6. The molecule has 13 nitrogen and oxygen atoms in total. The first-order valence-electron chi connectivity index (χ1n) is 16.9. The van der Waals surface area contributed by atoms with Crippen LogP contribution in [0.3, 0.4) is 0 Å². The van der Waals surface area contributed by atoms with Gasteiger partial charge < -0.3 is 31.3 Å². The third-order valence-corrected chi connectivity index (χ3v) is 8.03. The molecule has 5 amide bonds. The van der Waals surface area contributed by atoms with Crippen molar-refractivity contribution in [2.24, 2.45) is 11.8 Å². The summed E-state index contributed by atoms with van der Waals surface area (Å²) in [5.41, 5.74) is -0.735. The number of amides is 5. The van der Waals surface area contributed by atoms with Gasteiger partial charge in [-0.25, -0.2) is 9.78 Å². The largest absolute Gasteiger partial charge is 0.445 e. The van der Waals surface area contributed by atoms with Crippen molar-refractivity contribution in [3.05, 3.63) is 65.5 Å². The molecule has 1 aliphatic heterocycles. The lowest BCUT2D eigenvalue weighted by molar-refractivity contribution is -0.141. The van der Waals surface area contributed by atoms with Crippen LogP contribution in [-0.2, 0) is 47.9 Å². The lowest BCUT2D eigenvalue weighted by Gasteiger charge is -2.26. The molecule has 2 heterocycles. The van der Waals surface area contributed by atoms with Gasteiger partial charge in [-0.05, 0) is 49.3 Å². The number of aromatic nitrogens is 1. The number of unbranched alkanes of at least 4 members (excludes halogenated alkanes) is 1. The molecular formula is C35H45F3N6O7. The molecule has 0 radical (unpaired) electrons. The Bertz CT molecular complexity index is 1520. The number of ketones is 1. The quantitative estimate of drug-likeness (QED) is 0.115. The molecule has 2 aromatic rings. The summed E-state index contributed by atoms with van der Waals surface area (Å²) < 4.78 is 45.5. The molecule has 0 saturated carbocycles. The minimum atomic E-state index is -4.77. The van der Waals surface area contributed by atoms with Crippen LogP contribution in [0.25, 0.3) is 0 Å². The molecule has 51 heavy (non-hydrogen) atoms. The van der Waals surface area contributed by atoms with Gasteiger partial charge >= 0.3 is 12.3 Å². The zero-order valence-corrected chi connectivity index (χ0v) is 28.8. The van der Waals surface area contributed by atoms with Crippen LogP contribution in [0.5, 0.6) is 0 Å². The number of alkyl halides is 3. The maximum atomic E-state index is 13.7. The third-order valence-electron chi connectivity index (χ3n) is 8.03. The molecule has 4 atom stereocenters. The number of hydrogen-bond acceptors (Lipinski definition) is 8. The predicted molar refractivity (Wildman–Crippen MR) is 178 cm³/mol. The Hall–Kier alpha value is -5.02. The van der Waals surface area contributed by atoms with Gasteiger partial charge in [-0.2, -0.15) is 13.2 Å². The molecule has 3 rings (SSSR count). The summed E-state index contributed by atoms with van der Waals surface area (Å²) in [5, 5.41) is 12.6. The van der Waals surface area contributed by atoms with E-state index in [0.717, 1.165) is 18.6 Å². The molecule has 278 valence electrons. The van der Waals surface area contributed by atoms with Crippen molar-refractivity contribution in [1.82, 2.24) is 31.6 Å². The van der Waals surface area contributed by atoms with Crippen molar-refractivity contribution in [3.63, 3.8) is 0 Å². The lowest BCUT2D eigenvalue weighted by Crippen LogP contribution is -2.57. The summed E-state index contributed by atoms with van der Waals surface area (Å²) in [6, 6.07) is 7.50. The fraction of sp³-hybridized carbons (Fsp3) is 0.514. The Morgan fingerprint density at radius 1 is 0.941 bits per heavy atom. The van der Waals surface area contributed by atoms with Crippen molar-refractivity contribution in [2.75, 3.05) is 13.1 Å². The van der Waals surface area contributed by atoms with Gasteiger partial charge in [-0.1, -0.05) is 63.6 Å². The monoisotopic (exact) mass is 718 g/mol. The average Bonchev–Trinajstić information content (AvgIpc) is 3.49. The second-order valence-corrected chi connectivity index (χ2v) is 12.7. The number of halogens is 3. The van der Waals surface area contributed by atoms with Crippen LogP contribution in [-0.4, -0.2) is 71.7 Å². The average molecular weight is 719 g/mol. The molecule has 0 aliphatic carbocycles. The van der Waals surface area contributed by atoms with Crippen molar-refractivity contribution in [3.8, 4) is 0 Å². The van der Waals surface area contributed by atoms with E-state index in [1.165, 1.54) is 6.07 Å². The normalized spacial score (nSPS) is 16.0. The van der Waals surface area contributed by atoms with Crippen LogP contribution >= 0.6 is 0 Å². The van der Waals surface area contributed by atoms with Gasteiger partial charge in [-0.15, -0.1) is 0 Å². The number of alkyl carbamates (subject to hydrolysis) is 1. The van der Waals surface area contributed by atoms with Crippen LogP contribution in [0.1, 0.15) is 69.8 Å². The predicted octanol–water partition coefficient (Wildman–Crippen LogP) is 2.97. The smallest absolute Gasteiger partial charge is 0.433 e. The van der Waals surface area contributed by atoms with Crippen molar-refractivity contribution >= 4 is 35.5 Å². The number of nitrogens with one attached hydrogen (secondary N) is 5. The fourth-order valence-corrected chi connectivity index (χ4v) is 5.33. The summed E-state index contributed by atoms with van der Waals surface area (Å²) >= 11 is 0. The van der Waals surface area contributed by atoms with Crippen molar-refractivity contribution < 1.29 is 46.7 Å². The van der Waals surface area contributed by atoms with Crippen LogP contribution in [0.4, 0.5) is 18.0 Å². The number of carbonyl (C=O) groups excluding carboxylic acids is 6. The maximum Gasteiger partial charge on any atom is 0.433 e. The molecule has 0 bridgehead atoms. The van der Waals surface area contributed by atoms with E-state index in [-0.39, 0.29) is 43.5 Å². The molecule has 1 saturated heterocycles. The van der Waals surface area contributed by atoms with Gasteiger partial charge in [0.25, 0.3) is 5.91 Å². The van der Waals surface area contributed by atoms with E-state index in [4.69, 9.17) is 4.74 Å². The number of carbonyl (C=O) groups is 6. The zero-order valence-electron chi connectivity index (χ0n) is 28.8. The van der Waals surface area contributed by atoms with Gasteiger partial charge in [0.1, 0.15) is 24.4 Å². The van der Waals surface area contributed by atoms with Crippen LogP contribution < -0.4 is 26.6 Å². The SMILES string of the molecule is CCCCNC(=O)C(=O)[C@H](C[C@@H]1CCNC1=O)NC(=O)[C@H](CC(C)C)NC(=O)[C@H](Cc1cccc(C(F)(F)F)n1)NC(=O)OCc1ccccc1. The number of rotatable bonds is 18. The van der Waals surface area contributed by atoms with Gasteiger partial charge in [0, 0.05) is 31.1 Å². The van der Waals surface area contributed by atoms with Crippen LogP contribution in [0, 0.1) is 11.8 Å². The van der Waals surface area contributed by atoms with Crippen molar-refractivity contribution in [2.45, 2.75) is 90.2 Å². The summed E-state index contributed by atoms with van der Waals surface area (Å²) in [6.07, 6.45) is -4.66. The summed E-state index contributed by atoms with van der Waals surface area (Å²) in [4.78, 5) is 82.2. The van der Waals surface area contributed by atoms with Gasteiger partial charge in [-0.3, -0.25) is 24.0 Å². The standard InChI is InChI=1S/C35H45F3N6O7/c1-4-5-15-39-33(49)29(45)25(18-23-14-16-40-30(23)46)42-31(47)26(17-21(2)3)43-32(48)27(19-24-12-9-13-28(41-24)35(36,37)38)44-34(50)51-20-22-10-7-6-8-11-22/h6-13,21,23,25-27H,4-5,14-20H2,1-3H3,(H,39,49)(H,40,46)(H,42,47)(H,43,48)(H,44,50)/t23-,25-,26-,27-/m0/s1. The van der Waals surface area contributed by atoms with Crippen molar-refractivity contribution in [1.29, 1.82) is 0 Å². The number of nitrogens with zero attached hydrogens (tertiary/aromatic N) is 1. The highest BCUT2D eigenvalue weighted by Crippen LogP contribution is 2.27. The first-order valence-corrected chi connectivity index (χ1v) is 16.9. The molecular weight excluding hydrogens is 673 g/mol. The Balaban J connectivity index is 1.84. The number of hydrogen-bond donors (Lipinski definition) is 5. The summed E-state index contributed by atoms with van der Waals surface area (Å²) in [5.74, 6) is -4.82. The first kappa shape index (κ1) is 40.4. The fourth-order valence-electron chi connectivity index (χ4n) is 5.33. The number of benzene rings is 1. The highest BCUT2D eigenvalue weighted by Gasteiger charge is 2.37. The number of pyridine rings is 1. The summed E-state index contributed by atoms with van der Waals surface area (Å²) in [7, 11) is 0. The van der Waals surface area contributed by atoms with E-state index in [2.05, 4.69) is 31.6 Å². The highest BCUT2D eigenvalue weighted by molar-refractivity contribution is 6.38. The Morgan fingerprint density at radius 3 is 2.25 bits per heavy atom. The Morgan fingerprint density at radius 2 is 1.63 bits per heavy atom. The molecule has 1 fully saturated rings. The Kier molecular flexibility index (Phi) is 15.4. The molecule has 1 aliphatic rings. The van der Waals surface area contributed by atoms with Gasteiger partial charge in [0.15, 0.2) is 0 Å². The topological polar surface area (TPSA) is 185 Å². The summed E-state index contributed by atoms with van der Waals surface area (Å²) in [6.45, 7) is 5.88. The second-order valence-electron chi connectivity index (χ2n) is 12.7. The minimum absolute atomic E-state index is 0.0398. The number of ether oxygens (including phenoxy) is 1. The third kappa shape index (κ3) is 13.3. The second kappa shape index (κ2) is 19.4. The van der Waals surface area contributed by atoms with Crippen LogP contribution in [0.2, 0.25) is 0 Å². The van der Waals surface area contributed by atoms with E-state index >= 15 is 0 Å². The number of Topliss-reactive ketones (excluding diaryl/α,β-unsaturated/α-hetero) is 1. The molecule has 0 unspecified atom stereocenters. The molecule has 0 spiro atoms. The van der Waals surface area contributed by atoms with E-state index in [0.29, 0.717) is 24.9 Å². The van der Waals surface area contributed by atoms with Gasteiger partial charge in [0.05, 0.1) is 6.04 Å². The molecule has 5 N–H and O–H groups in total. The molecule has 1 aromatic carbocycles. The van der Waals surface area contributed by atoms with Crippen LogP contribution in [0.15, 0.2) is 48.5 Å². The van der Waals surface area contributed by atoms with E-state index in [1.807, 2.05) is 6.92 Å². The first-order chi connectivity index (χ1) is 24.2. The van der Waals surface area contributed by atoms with E-state index in [9.17, 15) is 41.9 Å².